The fourth-order valence-electron chi connectivity index (χ4n) is 3.88. The second-order valence-corrected chi connectivity index (χ2v) is 10.2. The van der Waals surface area contributed by atoms with Gasteiger partial charge in [-0.1, -0.05) is 53.7 Å². The Labute approximate surface area is 229 Å². The number of nitrogens with one attached hydrogen (secondary N) is 2. The Morgan fingerprint density at radius 1 is 1.00 bits per heavy atom. The van der Waals surface area contributed by atoms with Gasteiger partial charge in [-0.3, -0.25) is 14.2 Å². The van der Waals surface area contributed by atoms with Crippen molar-refractivity contribution < 1.29 is 14.0 Å². The summed E-state index contributed by atoms with van der Waals surface area (Å²) in [7, 11) is 0. The van der Waals surface area contributed by atoms with Crippen molar-refractivity contribution in [2.45, 2.75) is 39.4 Å². The van der Waals surface area contributed by atoms with Crippen LogP contribution in [0.25, 0.3) is 5.69 Å². The van der Waals surface area contributed by atoms with Crippen molar-refractivity contribution >= 4 is 40.9 Å². The predicted molar refractivity (Wildman–Crippen MR) is 149 cm³/mol. The molecule has 4 rings (SSSR count). The zero-order valence-electron chi connectivity index (χ0n) is 21.4. The first kappa shape index (κ1) is 27.3. The highest BCUT2D eigenvalue weighted by molar-refractivity contribution is 7.99. The number of thioether (sulfide) groups is 1. The van der Waals surface area contributed by atoms with Crippen LogP contribution in [0.5, 0.6) is 0 Å². The van der Waals surface area contributed by atoms with Crippen LogP contribution in [-0.4, -0.2) is 32.3 Å². The SMILES string of the molecule is Cc1ccc(C)c(NC(=O)CSc2nnc(CNC(=O)c3c(F)cccc3Cl)n2-c2cccc(C)c2C)c1. The lowest BCUT2D eigenvalue weighted by Crippen LogP contribution is -2.26. The number of hydrogen-bond acceptors (Lipinski definition) is 5. The molecule has 7 nitrogen and oxygen atoms in total. The van der Waals surface area contributed by atoms with E-state index in [9.17, 15) is 14.0 Å². The molecule has 0 radical (unpaired) electrons. The van der Waals surface area contributed by atoms with Gasteiger partial charge in [0.15, 0.2) is 11.0 Å². The molecule has 1 aromatic heterocycles. The number of carbonyl (C=O) groups excluding carboxylic acids is 2. The van der Waals surface area contributed by atoms with Crippen molar-refractivity contribution in [3.05, 3.63) is 99.1 Å². The molecule has 1 heterocycles. The number of carbonyl (C=O) groups is 2. The molecule has 2 N–H and O–H groups in total. The predicted octanol–water partition coefficient (Wildman–Crippen LogP) is 5.95. The van der Waals surface area contributed by atoms with E-state index in [1.807, 2.05) is 64.1 Å². The summed E-state index contributed by atoms with van der Waals surface area (Å²) >= 11 is 7.28. The number of rotatable bonds is 8. The van der Waals surface area contributed by atoms with E-state index in [-0.39, 0.29) is 28.8 Å². The lowest BCUT2D eigenvalue weighted by Gasteiger charge is -2.15. The lowest BCUT2D eigenvalue weighted by molar-refractivity contribution is -0.113. The number of aryl methyl sites for hydroxylation is 3. The van der Waals surface area contributed by atoms with Crippen molar-refractivity contribution in [3.8, 4) is 5.69 Å². The van der Waals surface area contributed by atoms with Crippen molar-refractivity contribution in [2.75, 3.05) is 11.1 Å². The molecule has 0 aliphatic heterocycles. The van der Waals surface area contributed by atoms with Gasteiger partial charge in [-0.15, -0.1) is 10.2 Å². The second-order valence-electron chi connectivity index (χ2n) is 8.89. The molecule has 196 valence electrons. The van der Waals surface area contributed by atoms with Gasteiger partial charge in [0.25, 0.3) is 5.91 Å². The highest BCUT2D eigenvalue weighted by Gasteiger charge is 2.21. The van der Waals surface area contributed by atoms with Gasteiger partial charge >= 0.3 is 0 Å². The molecular weight excluding hydrogens is 525 g/mol. The smallest absolute Gasteiger partial charge is 0.256 e. The first-order valence-electron chi connectivity index (χ1n) is 11.9. The average molecular weight is 552 g/mol. The molecular formula is C28H27ClFN5O2S. The van der Waals surface area contributed by atoms with E-state index in [1.165, 1.54) is 30.0 Å². The van der Waals surface area contributed by atoms with Crippen molar-refractivity contribution in [1.82, 2.24) is 20.1 Å². The van der Waals surface area contributed by atoms with E-state index in [0.717, 1.165) is 33.6 Å². The minimum absolute atomic E-state index is 0.0181. The standard InChI is InChI=1S/C28H27ClFN5O2S/c1-16-11-12-18(3)22(13-16)32-25(36)15-38-28-34-33-24(35(28)23-10-5-7-17(2)19(23)4)14-31-27(37)26-20(29)8-6-9-21(26)30/h5-13H,14-15H2,1-4H3,(H,31,37)(H,32,36). The van der Waals surface area contributed by atoms with E-state index < -0.39 is 11.7 Å². The number of amides is 2. The minimum atomic E-state index is -0.711. The summed E-state index contributed by atoms with van der Waals surface area (Å²) in [5.41, 5.74) is 5.44. The molecule has 0 saturated carbocycles. The van der Waals surface area contributed by atoms with Crippen LogP contribution in [0.1, 0.15) is 38.4 Å². The van der Waals surface area contributed by atoms with Crippen LogP contribution in [0, 0.1) is 33.5 Å². The van der Waals surface area contributed by atoms with Gasteiger partial charge < -0.3 is 10.6 Å². The molecule has 0 aliphatic carbocycles. The summed E-state index contributed by atoms with van der Waals surface area (Å²) in [6, 6.07) is 15.8. The van der Waals surface area contributed by atoms with Gasteiger partial charge in [0.1, 0.15) is 5.82 Å². The molecule has 0 unspecified atom stereocenters. The zero-order valence-corrected chi connectivity index (χ0v) is 23.0. The maximum Gasteiger partial charge on any atom is 0.256 e. The fourth-order valence-corrected chi connectivity index (χ4v) is 4.89. The summed E-state index contributed by atoms with van der Waals surface area (Å²) in [6.45, 7) is 7.85. The maximum absolute atomic E-state index is 14.2. The topological polar surface area (TPSA) is 88.9 Å². The number of nitrogens with zero attached hydrogens (tertiary/aromatic N) is 3. The van der Waals surface area contributed by atoms with E-state index >= 15 is 0 Å². The molecule has 0 spiro atoms. The molecule has 0 saturated heterocycles. The van der Waals surface area contributed by atoms with Crippen molar-refractivity contribution in [2.24, 2.45) is 0 Å². The Hall–Kier alpha value is -3.69. The van der Waals surface area contributed by atoms with Gasteiger partial charge in [0, 0.05) is 5.69 Å². The molecule has 10 heteroatoms. The van der Waals surface area contributed by atoms with Gasteiger partial charge in [-0.2, -0.15) is 0 Å². The Morgan fingerprint density at radius 3 is 2.53 bits per heavy atom. The van der Waals surface area contributed by atoms with E-state index in [2.05, 4.69) is 20.8 Å². The van der Waals surface area contributed by atoms with Crippen LogP contribution in [0.2, 0.25) is 5.02 Å². The number of benzene rings is 3. The minimum Gasteiger partial charge on any atom is -0.345 e. The van der Waals surface area contributed by atoms with Crippen LogP contribution in [0.4, 0.5) is 10.1 Å². The van der Waals surface area contributed by atoms with Crippen LogP contribution < -0.4 is 10.6 Å². The number of aromatic nitrogens is 3. The fraction of sp³-hybridized carbons (Fsp3) is 0.214. The van der Waals surface area contributed by atoms with Crippen molar-refractivity contribution in [1.29, 1.82) is 0 Å². The molecule has 38 heavy (non-hydrogen) atoms. The highest BCUT2D eigenvalue weighted by atomic mass is 35.5. The molecule has 0 bridgehead atoms. The van der Waals surface area contributed by atoms with Crippen LogP contribution in [0.3, 0.4) is 0 Å². The molecule has 0 aliphatic rings. The summed E-state index contributed by atoms with van der Waals surface area (Å²) in [4.78, 5) is 25.5. The summed E-state index contributed by atoms with van der Waals surface area (Å²) < 4.78 is 16.0. The van der Waals surface area contributed by atoms with Crippen molar-refractivity contribution in [3.63, 3.8) is 0 Å². The Balaban J connectivity index is 1.57. The van der Waals surface area contributed by atoms with Gasteiger partial charge in [0.2, 0.25) is 5.91 Å². The number of hydrogen-bond donors (Lipinski definition) is 2. The maximum atomic E-state index is 14.2. The van der Waals surface area contributed by atoms with E-state index in [4.69, 9.17) is 11.6 Å². The summed E-state index contributed by atoms with van der Waals surface area (Å²) in [5, 5.41) is 14.7. The summed E-state index contributed by atoms with van der Waals surface area (Å²) in [6.07, 6.45) is 0. The lowest BCUT2D eigenvalue weighted by atomic mass is 10.1. The molecule has 4 aromatic rings. The Morgan fingerprint density at radius 2 is 1.76 bits per heavy atom. The highest BCUT2D eigenvalue weighted by Crippen LogP contribution is 2.27. The summed E-state index contributed by atoms with van der Waals surface area (Å²) in [5.74, 6) is -1.02. The van der Waals surface area contributed by atoms with Crippen LogP contribution >= 0.6 is 23.4 Å². The first-order chi connectivity index (χ1) is 18.2. The average Bonchev–Trinajstić information content (AvgIpc) is 3.28. The zero-order chi connectivity index (χ0) is 27.4. The number of halogens is 2. The number of anilines is 1. The third kappa shape index (κ3) is 6.06. The van der Waals surface area contributed by atoms with Crippen LogP contribution in [0.15, 0.2) is 59.8 Å². The largest absolute Gasteiger partial charge is 0.345 e. The first-order valence-corrected chi connectivity index (χ1v) is 13.2. The van der Waals surface area contributed by atoms with E-state index in [0.29, 0.717) is 11.0 Å². The van der Waals surface area contributed by atoms with E-state index in [1.54, 1.807) is 4.57 Å². The second kappa shape index (κ2) is 11.8. The molecule has 0 fully saturated rings. The van der Waals surface area contributed by atoms with Gasteiger partial charge in [-0.05, 0) is 74.2 Å². The monoisotopic (exact) mass is 551 g/mol. The van der Waals surface area contributed by atoms with Gasteiger partial charge in [-0.25, -0.2) is 4.39 Å². The third-order valence-electron chi connectivity index (χ3n) is 6.11. The Bertz CT molecular complexity index is 1500. The quantitative estimate of drug-likeness (QED) is 0.264. The normalized spacial score (nSPS) is 10.9. The third-order valence-corrected chi connectivity index (χ3v) is 7.36. The van der Waals surface area contributed by atoms with Gasteiger partial charge in [0.05, 0.1) is 28.6 Å². The molecule has 3 aromatic carbocycles. The molecule has 2 amide bonds. The van der Waals surface area contributed by atoms with Crippen LogP contribution in [-0.2, 0) is 11.3 Å². The molecule has 0 atom stereocenters. The Kier molecular flexibility index (Phi) is 8.48.